The van der Waals surface area contributed by atoms with E-state index in [9.17, 15) is 9.70 Å². The predicted octanol–water partition coefficient (Wildman–Crippen LogP) is 3.62. The zero-order valence-electron chi connectivity index (χ0n) is 12.0. The topological polar surface area (TPSA) is 65.0 Å². The van der Waals surface area contributed by atoms with Crippen LogP contribution >= 0.6 is 0 Å². The molecule has 0 aliphatic heterocycles. The average Bonchev–Trinajstić information content (AvgIpc) is 2.49. The molecule has 0 atom stereocenters. The van der Waals surface area contributed by atoms with Crippen molar-refractivity contribution in [2.24, 2.45) is 5.18 Å². The summed E-state index contributed by atoms with van der Waals surface area (Å²) in [7, 11) is 1.29. The van der Waals surface area contributed by atoms with E-state index in [1.165, 1.54) is 19.3 Å². The van der Waals surface area contributed by atoms with Gasteiger partial charge in [0.05, 0.1) is 13.7 Å². The van der Waals surface area contributed by atoms with Gasteiger partial charge in [-0.15, -0.1) is 4.91 Å². The van der Waals surface area contributed by atoms with Crippen molar-refractivity contribution in [1.29, 1.82) is 0 Å². The first-order chi connectivity index (χ1) is 9.65. The number of ether oxygens (including phenoxy) is 2. The number of esters is 1. The van der Waals surface area contributed by atoms with E-state index in [4.69, 9.17) is 4.74 Å². The number of nitrogens with zero attached hydrogens (tertiary/aromatic N) is 1. The van der Waals surface area contributed by atoms with Gasteiger partial charge in [0, 0.05) is 11.6 Å². The minimum absolute atomic E-state index is 0.283. The smallest absolute Gasteiger partial charge is 0.330 e. The van der Waals surface area contributed by atoms with Gasteiger partial charge >= 0.3 is 5.97 Å². The Morgan fingerprint density at radius 3 is 2.65 bits per heavy atom. The third kappa shape index (κ3) is 4.19. The van der Waals surface area contributed by atoms with Crippen LogP contribution in [0.25, 0.3) is 6.08 Å². The Balaban J connectivity index is 3.16. The lowest BCUT2D eigenvalue weighted by atomic mass is 10.1. The van der Waals surface area contributed by atoms with Crippen molar-refractivity contribution in [3.8, 4) is 5.75 Å². The summed E-state index contributed by atoms with van der Waals surface area (Å²) in [5, 5.41) is 3.00. The van der Waals surface area contributed by atoms with Gasteiger partial charge in [-0.05, 0) is 41.8 Å². The van der Waals surface area contributed by atoms with Gasteiger partial charge in [0.1, 0.15) is 11.4 Å². The van der Waals surface area contributed by atoms with E-state index in [0.717, 1.165) is 18.4 Å². The van der Waals surface area contributed by atoms with E-state index in [0.29, 0.717) is 17.9 Å². The first kappa shape index (κ1) is 15.9. The minimum Gasteiger partial charge on any atom is -0.493 e. The quantitative estimate of drug-likeness (QED) is 0.434. The minimum atomic E-state index is -0.488. The van der Waals surface area contributed by atoms with Crippen molar-refractivity contribution in [2.45, 2.75) is 26.7 Å². The number of nitroso groups, excluding NO2 is 1. The Hall–Kier alpha value is -2.17. The monoisotopic (exact) mass is 277 g/mol. The van der Waals surface area contributed by atoms with E-state index in [-0.39, 0.29) is 5.69 Å². The molecule has 1 aromatic carbocycles. The summed E-state index contributed by atoms with van der Waals surface area (Å²) in [5.74, 6) is 0.226. The molecule has 0 fully saturated rings. The van der Waals surface area contributed by atoms with Gasteiger partial charge in [-0.3, -0.25) is 0 Å². The maximum atomic E-state index is 11.1. The highest BCUT2D eigenvalue weighted by Gasteiger charge is 2.09. The first-order valence-corrected chi connectivity index (χ1v) is 6.55. The van der Waals surface area contributed by atoms with E-state index >= 15 is 0 Å². The number of carbonyl (C=O) groups is 1. The predicted molar refractivity (Wildman–Crippen MR) is 78.1 cm³/mol. The zero-order valence-corrected chi connectivity index (χ0v) is 12.0. The van der Waals surface area contributed by atoms with Crippen LogP contribution in [0.1, 0.15) is 31.4 Å². The molecule has 0 heterocycles. The molecule has 5 heteroatoms. The Labute approximate surface area is 118 Å². The molecule has 0 aliphatic carbocycles. The Kier molecular flexibility index (Phi) is 6.43. The number of carbonyl (C=O) groups excluding carboxylic acids is 1. The second kappa shape index (κ2) is 8.09. The van der Waals surface area contributed by atoms with Crippen molar-refractivity contribution in [3.63, 3.8) is 0 Å². The fourth-order valence-corrected chi connectivity index (χ4v) is 1.69. The lowest BCUT2D eigenvalue weighted by Crippen LogP contribution is -1.99. The molecule has 0 radical (unpaired) electrons. The highest BCUT2D eigenvalue weighted by atomic mass is 16.5. The van der Waals surface area contributed by atoms with Gasteiger partial charge in [0.15, 0.2) is 0 Å². The first-order valence-electron chi connectivity index (χ1n) is 6.55. The van der Waals surface area contributed by atoms with E-state index in [1.807, 2.05) is 13.8 Å². The third-order valence-electron chi connectivity index (χ3n) is 2.75. The molecule has 0 unspecified atom stereocenters. The van der Waals surface area contributed by atoms with Crippen LogP contribution in [0.15, 0.2) is 23.4 Å². The van der Waals surface area contributed by atoms with Crippen LogP contribution in [0.4, 0.5) is 5.69 Å². The highest BCUT2D eigenvalue weighted by molar-refractivity contribution is 5.88. The van der Waals surface area contributed by atoms with Crippen molar-refractivity contribution in [2.75, 3.05) is 13.7 Å². The maximum absolute atomic E-state index is 11.1. The third-order valence-corrected chi connectivity index (χ3v) is 2.75. The SMILES string of the molecule is CCCOc1cc(/C=C/C(=O)OC)c(N=O)cc1CC. The summed E-state index contributed by atoms with van der Waals surface area (Å²) in [6.07, 6.45) is 4.38. The lowest BCUT2D eigenvalue weighted by Gasteiger charge is -2.11. The van der Waals surface area contributed by atoms with Crippen LogP contribution in [-0.4, -0.2) is 19.7 Å². The summed E-state index contributed by atoms with van der Waals surface area (Å²) in [5.41, 5.74) is 1.74. The molecule has 0 saturated carbocycles. The molecule has 0 N–H and O–H groups in total. The molecule has 5 nitrogen and oxygen atoms in total. The molecule has 0 aliphatic rings. The molecule has 108 valence electrons. The summed E-state index contributed by atoms with van der Waals surface area (Å²) in [6.45, 7) is 4.60. The highest BCUT2D eigenvalue weighted by Crippen LogP contribution is 2.30. The molecule has 0 spiro atoms. The Morgan fingerprint density at radius 2 is 2.10 bits per heavy atom. The van der Waals surface area contributed by atoms with Gasteiger partial charge in [-0.25, -0.2) is 4.79 Å². The molecule has 0 aromatic heterocycles. The van der Waals surface area contributed by atoms with Gasteiger partial charge in [0.25, 0.3) is 0 Å². The molecule has 1 aromatic rings. The maximum Gasteiger partial charge on any atom is 0.330 e. The Bertz CT molecular complexity index is 509. The van der Waals surface area contributed by atoms with Crippen LogP contribution in [-0.2, 0) is 16.0 Å². The molecule has 0 saturated heterocycles. The number of benzene rings is 1. The molecular weight excluding hydrogens is 258 g/mol. The van der Waals surface area contributed by atoms with Crippen molar-refractivity contribution in [1.82, 2.24) is 0 Å². The van der Waals surface area contributed by atoms with Gasteiger partial charge in [0.2, 0.25) is 0 Å². The number of hydrogen-bond acceptors (Lipinski definition) is 5. The van der Waals surface area contributed by atoms with E-state index in [1.54, 1.807) is 12.1 Å². The van der Waals surface area contributed by atoms with Crippen LogP contribution in [0, 0.1) is 4.91 Å². The van der Waals surface area contributed by atoms with E-state index in [2.05, 4.69) is 9.91 Å². The number of methoxy groups -OCH3 is 1. The molecule has 20 heavy (non-hydrogen) atoms. The second-order valence-electron chi connectivity index (χ2n) is 4.17. The fourth-order valence-electron chi connectivity index (χ4n) is 1.69. The number of hydrogen-bond donors (Lipinski definition) is 0. The second-order valence-corrected chi connectivity index (χ2v) is 4.17. The van der Waals surface area contributed by atoms with E-state index < -0.39 is 5.97 Å². The van der Waals surface area contributed by atoms with Crippen LogP contribution < -0.4 is 4.74 Å². The van der Waals surface area contributed by atoms with Crippen molar-refractivity contribution >= 4 is 17.7 Å². The molecule has 0 amide bonds. The van der Waals surface area contributed by atoms with Crippen LogP contribution in [0.5, 0.6) is 5.75 Å². The summed E-state index contributed by atoms with van der Waals surface area (Å²) in [4.78, 5) is 22.0. The van der Waals surface area contributed by atoms with Gasteiger partial charge in [-0.1, -0.05) is 13.8 Å². The van der Waals surface area contributed by atoms with Crippen LogP contribution in [0.3, 0.4) is 0 Å². The summed E-state index contributed by atoms with van der Waals surface area (Å²) < 4.78 is 10.2. The lowest BCUT2D eigenvalue weighted by molar-refractivity contribution is -0.134. The molecular formula is C15H19NO4. The molecule has 1 rings (SSSR count). The standard InChI is InChI=1S/C15H19NO4/c1-4-8-20-14-10-12(6-7-15(17)19-3)13(16-18)9-11(14)5-2/h6-7,9-10H,4-5,8H2,1-3H3/b7-6+. The summed E-state index contributed by atoms with van der Waals surface area (Å²) >= 11 is 0. The molecule has 0 bridgehead atoms. The van der Waals surface area contributed by atoms with Crippen molar-refractivity contribution in [3.05, 3.63) is 34.2 Å². The van der Waals surface area contributed by atoms with Crippen LogP contribution in [0.2, 0.25) is 0 Å². The number of rotatable bonds is 7. The number of aryl methyl sites for hydroxylation is 1. The Morgan fingerprint density at radius 1 is 1.35 bits per heavy atom. The average molecular weight is 277 g/mol. The fraction of sp³-hybridized carbons (Fsp3) is 0.400. The van der Waals surface area contributed by atoms with Crippen molar-refractivity contribution < 1.29 is 14.3 Å². The largest absolute Gasteiger partial charge is 0.493 e. The normalized spacial score (nSPS) is 10.6. The van der Waals surface area contributed by atoms with Gasteiger partial charge in [-0.2, -0.15) is 0 Å². The zero-order chi connectivity index (χ0) is 15.0. The summed E-state index contributed by atoms with van der Waals surface area (Å²) in [6, 6.07) is 3.42. The van der Waals surface area contributed by atoms with Gasteiger partial charge < -0.3 is 9.47 Å².